The topological polar surface area (TPSA) is 67.9 Å². The highest BCUT2D eigenvalue weighted by Gasteiger charge is 2.35. The monoisotopic (exact) mass is 267 g/mol. The first-order chi connectivity index (χ1) is 9.24. The maximum Gasteiger partial charge on any atom is 0.324 e. The molecule has 3 rings (SSSR count). The Morgan fingerprint density at radius 2 is 1.89 bits per heavy atom. The molecule has 0 saturated carbocycles. The number of amides is 3. The highest BCUT2D eigenvalue weighted by molar-refractivity contribution is 5.96. The SMILES string of the molecule is O=C(CN1CC(N2CCNCC2)C1)N1CCNC1=O. The van der Waals surface area contributed by atoms with E-state index >= 15 is 0 Å². The Hall–Kier alpha value is -1.18. The molecule has 3 aliphatic heterocycles. The van der Waals surface area contributed by atoms with E-state index in [4.69, 9.17) is 0 Å². The van der Waals surface area contributed by atoms with E-state index in [0.29, 0.717) is 25.7 Å². The predicted molar refractivity (Wildman–Crippen MR) is 69.8 cm³/mol. The number of hydrogen-bond acceptors (Lipinski definition) is 5. The normalized spacial score (nSPS) is 26.3. The van der Waals surface area contributed by atoms with Gasteiger partial charge in [-0.25, -0.2) is 4.79 Å². The Morgan fingerprint density at radius 1 is 1.16 bits per heavy atom. The molecule has 0 spiro atoms. The number of carbonyl (C=O) groups excluding carboxylic acids is 2. The molecule has 2 N–H and O–H groups in total. The van der Waals surface area contributed by atoms with Crippen molar-refractivity contribution in [1.82, 2.24) is 25.3 Å². The molecule has 7 heteroatoms. The van der Waals surface area contributed by atoms with E-state index in [1.54, 1.807) is 0 Å². The zero-order valence-corrected chi connectivity index (χ0v) is 11.1. The molecular formula is C12H21N5O2. The zero-order valence-electron chi connectivity index (χ0n) is 11.1. The zero-order chi connectivity index (χ0) is 13.2. The molecule has 0 aromatic carbocycles. The van der Waals surface area contributed by atoms with Crippen LogP contribution >= 0.6 is 0 Å². The van der Waals surface area contributed by atoms with Crippen molar-refractivity contribution in [2.24, 2.45) is 0 Å². The van der Waals surface area contributed by atoms with E-state index in [9.17, 15) is 9.59 Å². The van der Waals surface area contributed by atoms with E-state index in [1.165, 1.54) is 4.90 Å². The summed E-state index contributed by atoms with van der Waals surface area (Å²) in [6.07, 6.45) is 0. The number of imide groups is 1. The molecule has 0 unspecified atom stereocenters. The molecule has 0 aliphatic carbocycles. The van der Waals surface area contributed by atoms with Gasteiger partial charge in [-0.05, 0) is 0 Å². The summed E-state index contributed by atoms with van der Waals surface area (Å²) in [5.74, 6) is -0.0752. The fraction of sp³-hybridized carbons (Fsp3) is 0.833. The average molecular weight is 267 g/mol. The predicted octanol–water partition coefficient (Wildman–Crippen LogP) is -1.87. The summed E-state index contributed by atoms with van der Waals surface area (Å²) in [6.45, 7) is 7.66. The van der Waals surface area contributed by atoms with Gasteiger partial charge < -0.3 is 10.6 Å². The van der Waals surface area contributed by atoms with Gasteiger partial charge in [0.25, 0.3) is 0 Å². The number of likely N-dealkylation sites (tertiary alicyclic amines) is 1. The van der Waals surface area contributed by atoms with Crippen molar-refractivity contribution in [3.8, 4) is 0 Å². The van der Waals surface area contributed by atoms with Crippen molar-refractivity contribution >= 4 is 11.9 Å². The van der Waals surface area contributed by atoms with Crippen molar-refractivity contribution in [1.29, 1.82) is 0 Å². The summed E-state index contributed by atoms with van der Waals surface area (Å²) in [7, 11) is 0. The first kappa shape index (κ1) is 12.8. The van der Waals surface area contributed by atoms with Crippen LogP contribution in [0, 0.1) is 0 Å². The van der Waals surface area contributed by atoms with Crippen LogP contribution in [0.2, 0.25) is 0 Å². The number of carbonyl (C=O) groups is 2. The highest BCUT2D eigenvalue weighted by atomic mass is 16.2. The van der Waals surface area contributed by atoms with Crippen LogP contribution in [0.25, 0.3) is 0 Å². The number of hydrogen-bond donors (Lipinski definition) is 2. The maximum atomic E-state index is 11.9. The van der Waals surface area contributed by atoms with Crippen LogP contribution in [0.5, 0.6) is 0 Å². The third kappa shape index (κ3) is 2.72. The van der Waals surface area contributed by atoms with Gasteiger partial charge in [-0.2, -0.15) is 0 Å². The lowest BCUT2D eigenvalue weighted by atomic mass is 10.1. The van der Waals surface area contributed by atoms with Gasteiger partial charge in [0.05, 0.1) is 6.54 Å². The van der Waals surface area contributed by atoms with Crippen LogP contribution in [0.15, 0.2) is 0 Å². The molecule has 3 aliphatic rings. The molecule has 3 heterocycles. The number of rotatable bonds is 3. The number of nitrogens with zero attached hydrogens (tertiary/aromatic N) is 3. The second kappa shape index (κ2) is 5.44. The summed E-state index contributed by atoms with van der Waals surface area (Å²) < 4.78 is 0. The molecule has 19 heavy (non-hydrogen) atoms. The second-order valence-corrected chi connectivity index (χ2v) is 5.41. The van der Waals surface area contributed by atoms with Crippen LogP contribution in [-0.2, 0) is 4.79 Å². The standard InChI is InChI=1S/C12H21N5O2/c18-11(17-6-3-14-12(17)19)9-15-7-10(8-15)16-4-1-13-2-5-16/h10,13H,1-9H2,(H,14,19). The van der Waals surface area contributed by atoms with E-state index in [1.807, 2.05) is 0 Å². The van der Waals surface area contributed by atoms with Crippen molar-refractivity contribution in [3.63, 3.8) is 0 Å². The molecule has 106 valence electrons. The lowest BCUT2D eigenvalue weighted by Crippen LogP contribution is -2.63. The van der Waals surface area contributed by atoms with Gasteiger partial charge in [0.1, 0.15) is 0 Å². The van der Waals surface area contributed by atoms with Gasteiger partial charge in [-0.15, -0.1) is 0 Å². The van der Waals surface area contributed by atoms with Crippen molar-refractivity contribution < 1.29 is 9.59 Å². The van der Waals surface area contributed by atoms with Crippen LogP contribution in [0.4, 0.5) is 4.79 Å². The van der Waals surface area contributed by atoms with Gasteiger partial charge >= 0.3 is 6.03 Å². The Bertz CT molecular complexity index is 363. The first-order valence-corrected chi connectivity index (χ1v) is 6.99. The minimum atomic E-state index is -0.246. The molecule has 0 aromatic rings. The summed E-state index contributed by atoms with van der Waals surface area (Å²) in [5.41, 5.74) is 0. The molecule has 0 bridgehead atoms. The van der Waals surface area contributed by atoms with Crippen molar-refractivity contribution in [2.45, 2.75) is 6.04 Å². The lowest BCUT2D eigenvalue weighted by molar-refractivity contribution is -0.130. The Balaban J connectivity index is 1.41. The molecule has 0 aromatic heterocycles. The molecular weight excluding hydrogens is 246 g/mol. The van der Waals surface area contributed by atoms with E-state index in [0.717, 1.165) is 39.3 Å². The molecule has 3 saturated heterocycles. The smallest absolute Gasteiger partial charge is 0.324 e. The van der Waals surface area contributed by atoms with Gasteiger partial charge in [0.15, 0.2) is 0 Å². The summed E-state index contributed by atoms with van der Waals surface area (Å²) in [5, 5.41) is 6.00. The fourth-order valence-corrected chi connectivity index (χ4v) is 2.94. The van der Waals surface area contributed by atoms with Crippen LogP contribution in [0.3, 0.4) is 0 Å². The largest absolute Gasteiger partial charge is 0.336 e. The van der Waals surface area contributed by atoms with Crippen LogP contribution in [0.1, 0.15) is 0 Å². The van der Waals surface area contributed by atoms with Crippen LogP contribution in [-0.4, -0.2) is 91.6 Å². The number of piperazine rings is 1. The van der Waals surface area contributed by atoms with Gasteiger partial charge in [0.2, 0.25) is 5.91 Å². The third-order valence-electron chi connectivity index (χ3n) is 4.12. The molecule has 3 amide bonds. The number of urea groups is 1. The maximum absolute atomic E-state index is 11.9. The third-order valence-corrected chi connectivity index (χ3v) is 4.12. The highest BCUT2D eigenvalue weighted by Crippen LogP contribution is 2.15. The van der Waals surface area contributed by atoms with E-state index in [2.05, 4.69) is 20.4 Å². The summed E-state index contributed by atoms with van der Waals surface area (Å²) >= 11 is 0. The molecule has 0 atom stereocenters. The molecule has 7 nitrogen and oxygen atoms in total. The average Bonchev–Trinajstić information content (AvgIpc) is 2.80. The van der Waals surface area contributed by atoms with Gasteiger partial charge in [-0.3, -0.25) is 19.5 Å². The van der Waals surface area contributed by atoms with Crippen molar-refractivity contribution in [3.05, 3.63) is 0 Å². The first-order valence-electron chi connectivity index (χ1n) is 6.99. The summed E-state index contributed by atoms with van der Waals surface area (Å²) in [4.78, 5) is 29.2. The minimum Gasteiger partial charge on any atom is -0.336 e. The molecule has 3 fully saturated rings. The Labute approximate surface area is 112 Å². The Kier molecular flexibility index (Phi) is 3.67. The van der Waals surface area contributed by atoms with E-state index in [-0.39, 0.29) is 11.9 Å². The quantitative estimate of drug-likeness (QED) is 0.627. The molecule has 0 radical (unpaired) electrons. The second-order valence-electron chi connectivity index (χ2n) is 5.41. The van der Waals surface area contributed by atoms with E-state index < -0.39 is 0 Å². The fourth-order valence-electron chi connectivity index (χ4n) is 2.94. The Morgan fingerprint density at radius 3 is 2.53 bits per heavy atom. The number of nitrogens with one attached hydrogen (secondary N) is 2. The summed E-state index contributed by atoms with van der Waals surface area (Å²) in [6, 6.07) is 0.339. The van der Waals surface area contributed by atoms with Crippen LogP contribution < -0.4 is 10.6 Å². The lowest BCUT2D eigenvalue weighted by Gasteiger charge is -2.46. The minimum absolute atomic E-state index is 0.0752. The van der Waals surface area contributed by atoms with Gasteiger partial charge in [-0.1, -0.05) is 0 Å². The van der Waals surface area contributed by atoms with Crippen molar-refractivity contribution in [2.75, 3.05) is 58.9 Å². The van der Waals surface area contributed by atoms with Gasteiger partial charge in [0, 0.05) is 58.4 Å².